The number of hydrogen-bond acceptors (Lipinski definition) is 4. The lowest BCUT2D eigenvalue weighted by atomic mass is 10.3. The fourth-order valence-corrected chi connectivity index (χ4v) is 2.40. The second-order valence-corrected chi connectivity index (χ2v) is 5.34. The van der Waals surface area contributed by atoms with Gasteiger partial charge in [0.1, 0.15) is 5.75 Å². The van der Waals surface area contributed by atoms with E-state index in [1.54, 1.807) is 41.0 Å². The average molecular weight is 338 g/mol. The Kier molecular flexibility index (Phi) is 4.47. The summed E-state index contributed by atoms with van der Waals surface area (Å²) in [5, 5.41) is 5.18. The van der Waals surface area contributed by atoms with Crippen LogP contribution in [0, 0.1) is 0 Å². The molecule has 0 unspecified atom stereocenters. The molecule has 0 saturated carbocycles. The molecule has 2 aromatic heterocycles. The van der Waals surface area contributed by atoms with E-state index < -0.39 is 0 Å². The van der Waals surface area contributed by atoms with Crippen molar-refractivity contribution in [2.75, 3.05) is 6.61 Å². The summed E-state index contributed by atoms with van der Waals surface area (Å²) in [5.74, 6) is 1.00. The van der Waals surface area contributed by atoms with Crippen molar-refractivity contribution in [2.24, 2.45) is 0 Å². The molecular weight excluding hydrogens is 325 g/mol. The first kappa shape index (κ1) is 15.1. The minimum atomic E-state index is 0.406. The first-order chi connectivity index (χ1) is 10.7. The standard InChI is InChI=1S/C15H13Cl2N3O2/c1-2-21-9-11-8-15(20-14(19-11)5-6-18-20)22-13-4-3-10(16)7-12(13)17/h3-8H,2,9H2,1H3. The SMILES string of the molecule is CCOCc1cc(Oc2ccc(Cl)cc2Cl)n2nccc2n1. The van der Waals surface area contributed by atoms with Crippen molar-refractivity contribution in [2.45, 2.75) is 13.5 Å². The predicted octanol–water partition coefficient (Wildman–Crippen LogP) is 4.36. The van der Waals surface area contributed by atoms with Crippen LogP contribution in [0.1, 0.15) is 12.6 Å². The predicted molar refractivity (Wildman–Crippen MR) is 84.9 cm³/mol. The third-order valence-corrected chi connectivity index (χ3v) is 3.47. The summed E-state index contributed by atoms with van der Waals surface area (Å²) in [6.07, 6.45) is 1.66. The van der Waals surface area contributed by atoms with E-state index in [0.29, 0.717) is 40.5 Å². The Hall–Kier alpha value is -1.82. The number of benzene rings is 1. The zero-order valence-corrected chi connectivity index (χ0v) is 13.3. The maximum Gasteiger partial charge on any atom is 0.224 e. The van der Waals surface area contributed by atoms with Crippen LogP contribution in [0.4, 0.5) is 0 Å². The molecular formula is C15H13Cl2N3O2. The van der Waals surface area contributed by atoms with Gasteiger partial charge in [-0.3, -0.25) is 0 Å². The maximum atomic E-state index is 6.15. The normalized spacial score (nSPS) is 11.0. The Morgan fingerprint density at radius 3 is 2.82 bits per heavy atom. The summed E-state index contributed by atoms with van der Waals surface area (Å²) in [7, 11) is 0. The van der Waals surface area contributed by atoms with Crippen molar-refractivity contribution in [1.29, 1.82) is 0 Å². The highest BCUT2D eigenvalue weighted by atomic mass is 35.5. The van der Waals surface area contributed by atoms with E-state index in [9.17, 15) is 0 Å². The van der Waals surface area contributed by atoms with Crippen molar-refractivity contribution in [1.82, 2.24) is 14.6 Å². The van der Waals surface area contributed by atoms with Crippen molar-refractivity contribution in [3.63, 3.8) is 0 Å². The van der Waals surface area contributed by atoms with Crippen LogP contribution in [0.2, 0.25) is 10.0 Å². The van der Waals surface area contributed by atoms with E-state index in [1.165, 1.54) is 0 Å². The number of rotatable bonds is 5. The van der Waals surface area contributed by atoms with Gasteiger partial charge in [0.05, 0.1) is 23.5 Å². The summed E-state index contributed by atoms with van der Waals surface area (Å²) < 4.78 is 12.9. The molecule has 0 atom stereocenters. The molecule has 7 heteroatoms. The molecule has 114 valence electrons. The number of fused-ring (bicyclic) bond motifs is 1. The molecule has 22 heavy (non-hydrogen) atoms. The zero-order chi connectivity index (χ0) is 15.5. The van der Waals surface area contributed by atoms with Crippen molar-refractivity contribution < 1.29 is 9.47 Å². The largest absolute Gasteiger partial charge is 0.437 e. The highest BCUT2D eigenvalue weighted by molar-refractivity contribution is 6.35. The van der Waals surface area contributed by atoms with Crippen LogP contribution in [0.25, 0.3) is 5.65 Å². The van der Waals surface area contributed by atoms with Crippen LogP contribution in [-0.4, -0.2) is 21.2 Å². The molecule has 0 spiro atoms. The van der Waals surface area contributed by atoms with Crippen LogP contribution in [0.15, 0.2) is 36.5 Å². The molecule has 0 N–H and O–H groups in total. The minimum Gasteiger partial charge on any atom is -0.437 e. The Bertz CT molecular complexity index is 805. The van der Waals surface area contributed by atoms with Crippen LogP contribution in [0.5, 0.6) is 11.6 Å². The highest BCUT2D eigenvalue weighted by Crippen LogP contribution is 2.31. The van der Waals surface area contributed by atoms with Crippen LogP contribution < -0.4 is 4.74 Å². The molecule has 1 aromatic carbocycles. The summed E-state index contributed by atoms with van der Waals surface area (Å²) in [6.45, 7) is 2.95. The molecule has 5 nitrogen and oxygen atoms in total. The molecule has 0 aliphatic carbocycles. The van der Waals surface area contributed by atoms with Crippen LogP contribution in [0.3, 0.4) is 0 Å². The fourth-order valence-electron chi connectivity index (χ4n) is 1.96. The van der Waals surface area contributed by atoms with Gasteiger partial charge in [-0.05, 0) is 25.1 Å². The number of aromatic nitrogens is 3. The van der Waals surface area contributed by atoms with E-state index in [-0.39, 0.29) is 0 Å². The van der Waals surface area contributed by atoms with Gasteiger partial charge in [0, 0.05) is 23.8 Å². The zero-order valence-electron chi connectivity index (χ0n) is 11.8. The quantitative estimate of drug-likeness (QED) is 0.693. The summed E-state index contributed by atoms with van der Waals surface area (Å²) in [4.78, 5) is 4.45. The molecule has 3 rings (SSSR count). The fraction of sp³-hybridized carbons (Fsp3) is 0.200. The minimum absolute atomic E-state index is 0.406. The number of hydrogen-bond donors (Lipinski definition) is 0. The molecule has 0 saturated heterocycles. The molecule has 2 heterocycles. The van der Waals surface area contributed by atoms with Crippen molar-refractivity contribution in [3.05, 3.63) is 52.3 Å². The summed E-state index contributed by atoms with van der Waals surface area (Å²) in [6, 6.07) is 8.63. The molecule has 0 amide bonds. The van der Waals surface area contributed by atoms with Crippen molar-refractivity contribution >= 4 is 28.8 Å². The number of ether oxygens (including phenoxy) is 2. The summed E-state index contributed by atoms with van der Waals surface area (Å²) in [5.41, 5.74) is 1.44. The topological polar surface area (TPSA) is 48.7 Å². The number of nitrogens with zero attached hydrogens (tertiary/aromatic N) is 3. The van der Waals surface area contributed by atoms with E-state index >= 15 is 0 Å². The molecule has 3 aromatic rings. The van der Waals surface area contributed by atoms with Gasteiger partial charge in [-0.1, -0.05) is 23.2 Å². The Morgan fingerprint density at radius 1 is 1.18 bits per heavy atom. The second kappa shape index (κ2) is 6.52. The molecule has 0 aliphatic rings. The Morgan fingerprint density at radius 2 is 2.05 bits per heavy atom. The highest BCUT2D eigenvalue weighted by Gasteiger charge is 2.11. The third kappa shape index (κ3) is 3.16. The molecule has 0 aliphatic heterocycles. The third-order valence-electron chi connectivity index (χ3n) is 2.94. The van der Waals surface area contributed by atoms with E-state index in [4.69, 9.17) is 32.7 Å². The lowest BCUT2D eigenvalue weighted by molar-refractivity contribution is 0.131. The van der Waals surface area contributed by atoms with Crippen molar-refractivity contribution in [3.8, 4) is 11.6 Å². The van der Waals surface area contributed by atoms with Gasteiger partial charge in [-0.15, -0.1) is 0 Å². The van der Waals surface area contributed by atoms with E-state index in [0.717, 1.165) is 5.69 Å². The van der Waals surface area contributed by atoms with Gasteiger partial charge in [0.15, 0.2) is 5.65 Å². The van der Waals surface area contributed by atoms with Gasteiger partial charge < -0.3 is 9.47 Å². The second-order valence-electron chi connectivity index (χ2n) is 4.50. The lowest BCUT2D eigenvalue weighted by Crippen LogP contribution is -2.02. The monoisotopic (exact) mass is 337 g/mol. The number of halogens is 2. The van der Waals surface area contributed by atoms with Gasteiger partial charge >= 0.3 is 0 Å². The van der Waals surface area contributed by atoms with E-state index in [1.807, 2.05) is 6.92 Å². The average Bonchev–Trinajstić information content (AvgIpc) is 2.96. The molecule has 0 fully saturated rings. The van der Waals surface area contributed by atoms with Gasteiger partial charge in [-0.25, -0.2) is 4.98 Å². The Balaban J connectivity index is 1.99. The Labute approximate surface area is 137 Å². The lowest BCUT2D eigenvalue weighted by Gasteiger charge is -2.11. The molecule has 0 radical (unpaired) electrons. The summed E-state index contributed by atoms with van der Waals surface area (Å²) >= 11 is 12.0. The van der Waals surface area contributed by atoms with Gasteiger partial charge in [0.25, 0.3) is 0 Å². The van der Waals surface area contributed by atoms with Crippen LogP contribution in [-0.2, 0) is 11.3 Å². The first-order valence-corrected chi connectivity index (χ1v) is 7.47. The molecule has 0 bridgehead atoms. The van der Waals surface area contributed by atoms with Crippen LogP contribution >= 0.6 is 23.2 Å². The van der Waals surface area contributed by atoms with E-state index in [2.05, 4.69) is 10.1 Å². The smallest absolute Gasteiger partial charge is 0.224 e. The first-order valence-electron chi connectivity index (χ1n) is 6.71. The van der Waals surface area contributed by atoms with Gasteiger partial charge in [-0.2, -0.15) is 9.61 Å². The maximum absolute atomic E-state index is 6.15. The van der Waals surface area contributed by atoms with Gasteiger partial charge in [0.2, 0.25) is 5.88 Å².